The topological polar surface area (TPSA) is 67.6 Å². The number of amides is 1. The van der Waals surface area contributed by atoms with Gasteiger partial charge in [-0.3, -0.25) is 0 Å². The maximum atomic E-state index is 13.5. The normalized spacial score (nSPS) is 25.4. The van der Waals surface area contributed by atoms with Crippen LogP contribution in [-0.2, 0) is 17.6 Å². The number of fused-ring (bicyclic) bond motifs is 4. The van der Waals surface area contributed by atoms with E-state index in [4.69, 9.17) is 10.2 Å². The van der Waals surface area contributed by atoms with Crippen LogP contribution < -0.4 is 0 Å². The number of aliphatic hydroxyl groups is 1. The van der Waals surface area contributed by atoms with Gasteiger partial charge in [0.25, 0.3) is 0 Å². The monoisotopic (exact) mass is 425 g/mol. The molecule has 1 aromatic carbocycles. The number of ether oxygens (including phenoxy) is 1. The van der Waals surface area contributed by atoms with Crippen molar-refractivity contribution in [2.75, 3.05) is 19.7 Å². The lowest BCUT2D eigenvalue weighted by molar-refractivity contribution is -0.214. The highest BCUT2D eigenvalue weighted by atomic mass is 19.4. The zero-order chi connectivity index (χ0) is 21.2. The summed E-state index contributed by atoms with van der Waals surface area (Å²) in [6.07, 6.45) is -6.88. The van der Waals surface area contributed by atoms with Crippen molar-refractivity contribution >= 4 is 6.09 Å². The molecule has 1 aliphatic carbocycles. The van der Waals surface area contributed by atoms with Crippen molar-refractivity contribution in [2.24, 2.45) is 11.8 Å². The van der Waals surface area contributed by atoms with Gasteiger partial charge in [-0.05, 0) is 54.5 Å². The van der Waals surface area contributed by atoms with Gasteiger partial charge in [-0.25, -0.2) is 13.9 Å². The fourth-order valence-corrected chi connectivity index (χ4v) is 4.73. The average Bonchev–Trinajstić information content (AvgIpc) is 3.05. The van der Waals surface area contributed by atoms with Gasteiger partial charge < -0.3 is 14.7 Å². The molecule has 10 heteroatoms. The van der Waals surface area contributed by atoms with Crippen molar-refractivity contribution in [3.63, 3.8) is 0 Å². The van der Waals surface area contributed by atoms with Crippen LogP contribution in [0.4, 0.5) is 22.4 Å². The zero-order valence-corrected chi connectivity index (χ0v) is 15.8. The molecule has 2 fully saturated rings. The second-order valence-corrected chi connectivity index (χ2v) is 8.10. The number of aliphatic hydroxyl groups excluding tert-OH is 1. The van der Waals surface area contributed by atoms with Gasteiger partial charge in [0.1, 0.15) is 5.82 Å². The van der Waals surface area contributed by atoms with E-state index in [0.717, 1.165) is 35.5 Å². The molecule has 6 nitrogen and oxygen atoms in total. The first-order chi connectivity index (χ1) is 14.3. The Morgan fingerprint density at radius 2 is 1.97 bits per heavy atom. The number of benzene rings is 1. The molecule has 1 saturated carbocycles. The van der Waals surface area contributed by atoms with Crippen LogP contribution in [0.5, 0.6) is 0 Å². The smallest absolute Gasteiger partial charge is 0.427 e. The molecule has 3 heterocycles. The van der Waals surface area contributed by atoms with Gasteiger partial charge in [-0.15, -0.1) is 0 Å². The third-order valence-electron chi connectivity index (χ3n) is 6.29. The molecule has 0 spiro atoms. The lowest BCUT2D eigenvalue weighted by Gasteiger charge is -2.24. The summed E-state index contributed by atoms with van der Waals surface area (Å²) in [4.78, 5) is 13.3. The van der Waals surface area contributed by atoms with Crippen molar-refractivity contribution in [3.05, 3.63) is 47.0 Å². The van der Waals surface area contributed by atoms with Crippen molar-refractivity contribution < 1.29 is 32.2 Å². The fourth-order valence-electron chi connectivity index (χ4n) is 4.73. The molecule has 3 aliphatic rings. The van der Waals surface area contributed by atoms with Gasteiger partial charge in [0.05, 0.1) is 18.0 Å². The van der Waals surface area contributed by atoms with Crippen molar-refractivity contribution in [2.45, 2.75) is 31.0 Å². The lowest BCUT2D eigenvalue weighted by atomic mass is 10.0. The number of aryl methyl sites for hydroxylation is 2. The predicted octanol–water partition coefficient (Wildman–Crippen LogP) is 2.82. The second kappa shape index (κ2) is 6.69. The number of piperidine rings is 1. The summed E-state index contributed by atoms with van der Waals surface area (Å²) in [5.74, 6) is 0.121. The maximum absolute atomic E-state index is 13.5. The van der Waals surface area contributed by atoms with E-state index in [0.29, 0.717) is 13.1 Å². The number of nitrogens with zero attached hydrogens (tertiary/aromatic N) is 3. The highest BCUT2D eigenvalue weighted by Gasteiger charge is 2.59. The summed E-state index contributed by atoms with van der Waals surface area (Å²) < 4.78 is 57.8. The van der Waals surface area contributed by atoms with Crippen molar-refractivity contribution in [1.29, 1.82) is 0 Å². The van der Waals surface area contributed by atoms with Crippen LogP contribution in [0.1, 0.15) is 22.9 Å². The number of carbonyl (C=O) groups is 1. The van der Waals surface area contributed by atoms with Crippen LogP contribution in [-0.4, -0.2) is 57.9 Å². The first-order valence-electron chi connectivity index (χ1n) is 9.77. The molecule has 2 aliphatic heterocycles. The van der Waals surface area contributed by atoms with Crippen molar-refractivity contribution in [3.8, 4) is 5.69 Å². The van der Waals surface area contributed by atoms with Gasteiger partial charge in [-0.2, -0.15) is 18.3 Å². The lowest BCUT2D eigenvalue weighted by Crippen LogP contribution is -2.42. The van der Waals surface area contributed by atoms with Gasteiger partial charge in [-0.1, -0.05) is 0 Å². The molecule has 3 atom stereocenters. The molecule has 2 aromatic rings. The molecule has 1 saturated heterocycles. The van der Waals surface area contributed by atoms with Crippen LogP contribution in [0, 0.1) is 17.7 Å². The van der Waals surface area contributed by atoms with Gasteiger partial charge in [0.2, 0.25) is 6.10 Å². The molecule has 1 N–H and O–H groups in total. The van der Waals surface area contributed by atoms with Crippen LogP contribution in [0.15, 0.2) is 24.3 Å². The molecule has 1 aromatic heterocycles. The first-order valence-corrected chi connectivity index (χ1v) is 9.77. The molecule has 30 heavy (non-hydrogen) atoms. The van der Waals surface area contributed by atoms with Gasteiger partial charge in [0.15, 0.2) is 0 Å². The third kappa shape index (κ3) is 3.13. The van der Waals surface area contributed by atoms with Crippen LogP contribution in [0.25, 0.3) is 5.69 Å². The maximum Gasteiger partial charge on any atom is 0.427 e. The molecule has 1 amide bonds. The van der Waals surface area contributed by atoms with Crippen LogP contribution >= 0.6 is 0 Å². The van der Waals surface area contributed by atoms with Crippen molar-refractivity contribution in [1.82, 2.24) is 14.7 Å². The summed E-state index contributed by atoms with van der Waals surface area (Å²) in [5, 5.41) is 13.5. The van der Waals surface area contributed by atoms with E-state index < -0.39 is 25.0 Å². The predicted molar refractivity (Wildman–Crippen MR) is 95.6 cm³/mol. The third-order valence-corrected chi connectivity index (χ3v) is 6.29. The summed E-state index contributed by atoms with van der Waals surface area (Å²) >= 11 is 0. The number of carbonyl (C=O) groups excluding carboxylic acids is 1. The average molecular weight is 425 g/mol. The van der Waals surface area contributed by atoms with E-state index in [1.54, 1.807) is 6.07 Å². The summed E-state index contributed by atoms with van der Waals surface area (Å²) in [6.45, 7) is -0.702. The second-order valence-electron chi connectivity index (χ2n) is 8.10. The van der Waals surface area contributed by atoms with E-state index in [1.807, 2.05) is 10.7 Å². The highest BCUT2D eigenvalue weighted by Crippen LogP contribution is 2.58. The zero-order valence-electron chi connectivity index (χ0n) is 15.8. The van der Waals surface area contributed by atoms with Crippen LogP contribution in [0.3, 0.4) is 0 Å². The van der Waals surface area contributed by atoms with E-state index in [-0.39, 0.29) is 23.6 Å². The Kier molecular flexibility index (Phi) is 4.32. The van der Waals surface area contributed by atoms with E-state index >= 15 is 0 Å². The number of halogens is 4. The van der Waals surface area contributed by atoms with E-state index in [9.17, 15) is 22.4 Å². The molecular weight excluding hydrogens is 406 g/mol. The molecule has 5 rings (SSSR count). The summed E-state index contributed by atoms with van der Waals surface area (Å²) in [5.41, 5.74) is 3.71. The van der Waals surface area contributed by atoms with E-state index in [2.05, 4.69) is 4.74 Å². The minimum atomic E-state index is -4.80. The molecule has 0 bridgehead atoms. The number of aromatic nitrogens is 2. The molecule has 160 valence electrons. The van der Waals surface area contributed by atoms with Crippen LogP contribution in [0.2, 0.25) is 0 Å². The number of rotatable bonds is 3. The number of likely N-dealkylation sites (tertiary alicyclic amines) is 1. The molecule has 3 unspecified atom stereocenters. The summed E-state index contributed by atoms with van der Waals surface area (Å²) in [6, 6.07) is 6.68. The minimum absolute atomic E-state index is 0.126. The number of hydrogen-bond acceptors (Lipinski definition) is 4. The summed E-state index contributed by atoms with van der Waals surface area (Å²) in [7, 11) is 0. The van der Waals surface area contributed by atoms with E-state index in [1.165, 1.54) is 17.0 Å². The largest absolute Gasteiger partial charge is 0.434 e. The minimum Gasteiger partial charge on any atom is -0.434 e. The Morgan fingerprint density at radius 1 is 1.23 bits per heavy atom. The Balaban J connectivity index is 1.26. The SMILES string of the molecule is O=C(OC(CO)C(F)(F)F)N1CC2C(C1)C2c1cc2n(n1)-c1ccc(F)cc1CC2. The standard InChI is InChI=1S/C20H19F4N3O3/c21-11-2-4-16-10(5-11)1-3-12-6-15(25-27(12)16)18-13-7-26(8-14(13)18)19(29)30-17(9-28)20(22,23)24/h2,4-6,13-14,17-18,28H,1,3,7-9H2. The highest BCUT2D eigenvalue weighted by molar-refractivity contribution is 5.69. The Bertz CT molecular complexity index is 994. The quantitative estimate of drug-likeness (QED) is 0.769. The van der Waals surface area contributed by atoms with Gasteiger partial charge in [0, 0.05) is 24.7 Å². The Labute approximate surface area is 169 Å². The number of hydrogen-bond donors (Lipinski definition) is 1. The number of alkyl halides is 3. The first kappa shape index (κ1) is 19.3. The fraction of sp³-hybridized carbons (Fsp3) is 0.500. The Morgan fingerprint density at radius 3 is 2.63 bits per heavy atom. The molecular formula is C20H19F4N3O3. The van der Waals surface area contributed by atoms with Gasteiger partial charge >= 0.3 is 12.3 Å². The Hall–Kier alpha value is -2.62. The molecule has 0 radical (unpaired) electrons.